The fourth-order valence-electron chi connectivity index (χ4n) is 5.56. The van der Waals surface area contributed by atoms with Crippen molar-refractivity contribution in [3.05, 3.63) is 97.1 Å². The van der Waals surface area contributed by atoms with Gasteiger partial charge in [-0.15, -0.1) is 13.2 Å². The second-order valence-electron chi connectivity index (χ2n) is 10.4. The maximum Gasteiger partial charge on any atom is 0.184 e. The van der Waals surface area contributed by atoms with E-state index in [4.69, 9.17) is 23.7 Å². The summed E-state index contributed by atoms with van der Waals surface area (Å²) < 4.78 is 29.1. The molecule has 7 heteroatoms. The Morgan fingerprint density at radius 3 is 1.60 bits per heavy atom. The first-order chi connectivity index (χ1) is 18.8. The van der Waals surface area contributed by atoms with Crippen molar-refractivity contribution < 1.29 is 34.3 Å². The minimum absolute atomic E-state index is 0. The Morgan fingerprint density at radius 2 is 1.20 bits per heavy atom. The highest BCUT2D eigenvalue weighted by Crippen LogP contribution is 2.42. The first-order valence-corrected chi connectivity index (χ1v) is 13.9. The van der Waals surface area contributed by atoms with Gasteiger partial charge >= 0.3 is 0 Å². The summed E-state index contributed by atoms with van der Waals surface area (Å²) in [6.07, 6.45) is 3.67. The van der Waals surface area contributed by atoms with Crippen LogP contribution in [0.2, 0.25) is 0 Å². The van der Waals surface area contributed by atoms with Crippen LogP contribution in [0.5, 0.6) is 0 Å². The van der Waals surface area contributed by atoms with Gasteiger partial charge in [-0.1, -0.05) is 101 Å². The predicted molar refractivity (Wildman–Crippen MR) is 157 cm³/mol. The van der Waals surface area contributed by atoms with E-state index in [1.165, 1.54) is 0 Å². The van der Waals surface area contributed by atoms with Gasteiger partial charge in [0.2, 0.25) is 0 Å². The molecule has 2 saturated heterocycles. The molecule has 0 bridgehead atoms. The Kier molecular flexibility index (Phi) is 13.2. The highest BCUT2D eigenvalue weighted by atomic mass is 16.7. The number of hydrogen-bond acceptors (Lipinski definition) is 6. The topological polar surface area (TPSA) is 97.9 Å². The Labute approximate surface area is 240 Å². The van der Waals surface area contributed by atoms with Crippen LogP contribution in [-0.2, 0) is 36.9 Å². The number of benzene rings is 2. The number of methoxy groups -OCH3 is 1. The zero-order valence-electron chi connectivity index (χ0n) is 24.6. The van der Waals surface area contributed by atoms with Crippen molar-refractivity contribution in [1.82, 2.24) is 0 Å². The Balaban J connectivity index is 0.000000274. The molecular formula is C33H48O7. The third-order valence-electron chi connectivity index (χ3n) is 8.35. The molecule has 2 fully saturated rings. The number of ether oxygens (including phenoxy) is 5. The van der Waals surface area contributed by atoms with E-state index in [2.05, 4.69) is 39.1 Å². The van der Waals surface area contributed by atoms with Gasteiger partial charge in [0.1, 0.15) is 12.2 Å². The van der Waals surface area contributed by atoms with Crippen LogP contribution >= 0.6 is 0 Å². The SMILES string of the molecule is C=C[C@]1(CC)OC(O)[C@H](OCc2ccccc2)[C@@H]1C.C=C[C@]1(CC)OC(OC)[C@H](OCc2ccccc2)[C@@H]1C.O. The second kappa shape index (κ2) is 15.6. The molecule has 3 N–H and O–H groups in total. The molecule has 8 atom stereocenters. The second-order valence-corrected chi connectivity index (χ2v) is 10.4. The van der Waals surface area contributed by atoms with E-state index >= 15 is 0 Å². The van der Waals surface area contributed by atoms with Crippen molar-refractivity contribution in [3.63, 3.8) is 0 Å². The maximum atomic E-state index is 10.0. The van der Waals surface area contributed by atoms with E-state index < -0.39 is 11.9 Å². The summed E-state index contributed by atoms with van der Waals surface area (Å²) in [5.74, 6) is 0.285. The number of rotatable bonds is 11. The van der Waals surface area contributed by atoms with Gasteiger partial charge in [0.05, 0.1) is 24.4 Å². The van der Waals surface area contributed by atoms with Gasteiger partial charge in [0.15, 0.2) is 12.6 Å². The van der Waals surface area contributed by atoms with E-state index in [1.54, 1.807) is 13.2 Å². The van der Waals surface area contributed by atoms with Crippen LogP contribution in [0.3, 0.4) is 0 Å². The third kappa shape index (κ3) is 7.47. The minimum atomic E-state index is -0.892. The zero-order chi connectivity index (χ0) is 28.5. The molecule has 2 aromatic rings. The van der Waals surface area contributed by atoms with Crippen molar-refractivity contribution in [3.8, 4) is 0 Å². The standard InChI is InChI=1S/C17H24O3.C16H22O3.H2O/c1-5-17(6-2)13(3)15(16(18-4)20-17)19-12-14-10-8-7-9-11-14;1-4-16(5-2)12(3)14(15(17)19-16)18-11-13-9-7-6-8-10-13;/h5,7-11,13,15-16H,1,6,12H2,2-4H3;4,6-10,12,14-15,17H,1,5,11H2,2-3H3;1H2/t13-,15+,16?,17+;12-,14+,15?,16+;/m00./s1. The molecule has 0 spiro atoms. The summed E-state index contributed by atoms with van der Waals surface area (Å²) in [6, 6.07) is 20.1. The van der Waals surface area contributed by atoms with Crippen LogP contribution < -0.4 is 0 Å². The summed E-state index contributed by atoms with van der Waals surface area (Å²) in [4.78, 5) is 0. The van der Waals surface area contributed by atoms with Gasteiger partial charge in [-0.25, -0.2) is 0 Å². The Morgan fingerprint density at radius 1 is 0.775 bits per heavy atom. The highest BCUT2D eigenvalue weighted by Gasteiger charge is 2.51. The molecule has 0 amide bonds. The molecule has 0 aromatic heterocycles. The molecule has 2 aromatic carbocycles. The van der Waals surface area contributed by atoms with Crippen molar-refractivity contribution in [2.75, 3.05) is 7.11 Å². The van der Waals surface area contributed by atoms with Crippen molar-refractivity contribution >= 4 is 0 Å². The molecule has 40 heavy (non-hydrogen) atoms. The molecular weight excluding hydrogens is 508 g/mol. The first kappa shape index (κ1) is 33.8. The summed E-state index contributed by atoms with van der Waals surface area (Å²) in [5, 5.41) is 10.0. The maximum absolute atomic E-state index is 10.0. The van der Waals surface area contributed by atoms with Gasteiger partial charge in [-0.3, -0.25) is 0 Å². The quantitative estimate of drug-likeness (QED) is 0.361. The molecule has 0 aliphatic carbocycles. The van der Waals surface area contributed by atoms with Crippen LogP contribution in [0.1, 0.15) is 51.7 Å². The Bertz CT molecular complexity index is 1020. The van der Waals surface area contributed by atoms with Crippen LogP contribution in [0.25, 0.3) is 0 Å². The molecule has 7 nitrogen and oxygen atoms in total. The van der Waals surface area contributed by atoms with Crippen LogP contribution in [0.4, 0.5) is 0 Å². The molecule has 2 heterocycles. The molecule has 0 saturated carbocycles. The third-order valence-corrected chi connectivity index (χ3v) is 8.35. The number of aliphatic hydroxyl groups is 1. The normalized spacial score (nSPS) is 33.0. The zero-order valence-corrected chi connectivity index (χ0v) is 24.6. The van der Waals surface area contributed by atoms with Gasteiger partial charge in [0, 0.05) is 18.9 Å². The van der Waals surface area contributed by atoms with Crippen LogP contribution in [0.15, 0.2) is 86.0 Å². The van der Waals surface area contributed by atoms with Gasteiger partial charge in [-0.05, 0) is 24.0 Å². The van der Waals surface area contributed by atoms with Crippen molar-refractivity contribution in [2.45, 2.75) is 89.7 Å². The number of hydrogen-bond donors (Lipinski definition) is 1. The van der Waals surface area contributed by atoms with E-state index in [-0.39, 0.29) is 41.4 Å². The first-order valence-electron chi connectivity index (χ1n) is 13.9. The smallest absolute Gasteiger partial charge is 0.184 e. The summed E-state index contributed by atoms with van der Waals surface area (Å²) in [5.41, 5.74) is 1.40. The summed E-state index contributed by atoms with van der Waals surface area (Å²) in [6.45, 7) is 17.1. The molecule has 2 unspecified atom stereocenters. The van der Waals surface area contributed by atoms with Crippen LogP contribution in [-0.4, -0.2) is 53.7 Å². The lowest BCUT2D eigenvalue weighted by atomic mass is 9.85. The fraction of sp³-hybridized carbons (Fsp3) is 0.515. The molecule has 222 valence electrons. The van der Waals surface area contributed by atoms with Gasteiger partial charge in [0.25, 0.3) is 0 Å². The average molecular weight is 557 g/mol. The summed E-state index contributed by atoms with van der Waals surface area (Å²) >= 11 is 0. The van der Waals surface area contributed by atoms with Crippen molar-refractivity contribution in [2.24, 2.45) is 11.8 Å². The van der Waals surface area contributed by atoms with Crippen LogP contribution in [0, 0.1) is 11.8 Å². The molecule has 2 aliphatic rings. The van der Waals surface area contributed by atoms with Gasteiger partial charge < -0.3 is 34.3 Å². The monoisotopic (exact) mass is 556 g/mol. The lowest BCUT2D eigenvalue weighted by Crippen LogP contribution is -2.34. The fourth-order valence-corrected chi connectivity index (χ4v) is 5.56. The highest BCUT2D eigenvalue weighted by molar-refractivity contribution is 5.15. The lowest BCUT2D eigenvalue weighted by Gasteiger charge is -2.28. The van der Waals surface area contributed by atoms with E-state index in [0.717, 1.165) is 24.0 Å². The minimum Gasteiger partial charge on any atom is -0.412 e. The molecule has 2 aliphatic heterocycles. The van der Waals surface area contributed by atoms with Gasteiger partial charge in [-0.2, -0.15) is 0 Å². The van der Waals surface area contributed by atoms with E-state index in [9.17, 15) is 5.11 Å². The average Bonchev–Trinajstić information content (AvgIpc) is 3.40. The lowest BCUT2D eigenvalue weighted by molar-refractivity contribution is -0.176. The molecule has 0 radical (unpaired) electrons. The largest absolute Gasteiger partial charge is 0.412 e. The predicted octanol–water partition coefficient (Wildman–Crippen LogP) is 5.61. The Hall–Kier alpha value is -2.36. The van der Waals surface area contributed by atoms with E-state index in [1.807, 2.05) is 68.5 Å². The number of aliphatic hydroxyl groups excluding tert-OH is 1. The summed E-state index contributed by atoms with van der Waals surface area (Å²) in [7, 11) is 1.66. The molecule has 4 rings (SSSR count). The van der Waals surface area contributed by atoms with E-state index in [0.29, 0.717) is 13.2 Å². The van der Waals surface area contributed by atoms with Crippen molar-refractivity contribution in [1.29, 1.82) is 0 Å².